The number of hydrogen-bond acceptors (Lipinski definition) is 5. The Bertz CT molecular complexity index is 698. The summed E-state index contributed by atoms with van der Waals surface area (Å²) in [6.07, 6.45) is 0. The summed E-state index contributed by atoms with van der Waals surface area (Å²) in [4.78, 5) is 17.2. The van der Waals surface area contributed by atoms with Gasteiger partial charge in [-0.05, 0) is 42.5 Å². The molecule has 0 saturated carbocycles. The van der Waals surface area contributed by atoms with Gasteiger partial charge in [0.25, 0.3) is 11.1 Å². The van der Waals surface area contributed by atoms with Crippen LogP contribution in [-0.4, -0.2) is 15.0 Å². The van der Waals surface area contributed by atoms with E-state index in [0.29, 0.717) is 5.69 Å². The summed E-state index contributed by atoms with van der Waals surface area (Å²) in [5.74, 6) is -0.443. The molecule has 0 aliphatic heterocycles. The van der Waals surface area contributed by atoms with Crippen molar-refractivity contribution in [2.24, 2.45) is 0 Å². The largest absolute Gasteiger partial charge is 0.527 e. The zero-order valence-corrected chi connectivity index (χ0v) is 12.6. The van der Waals surface area contributed by atoms with E-state index >= 15 is 0 Å². The maximum absolute atomic E-state index is 12.7. The van der Waals surface area contributed by atoms with Crippen LogP contribution in [0.5, 0.6) is 5.95 Å². The lowest BCUT2D eigenvalue weighted by Gasteiger charge is -2.08. The molecule has 1 aromatic carbocycles. The first-order valence-corrected chi connectivity index (χ1v) is 7.79. The summed E-state index contributed by atoms with van der Waals surface area (Å²) >= 11 is 4.94. The molecule has 0 spiro atoms. The van der Waals surface area contributed by atoms with E-state index in [1.54, 1.807) is 0 Å². The van der Waals surface area contributed by atoms with Gasteiger partial charge in [-0.25, -0.2) is 8.96 Å². The van der Waals surface area contributed by atoms with Crippen molar-refractivity contribution in [3.63, 3.8) is 0 Å². The molecule has 0 aliphatic carbocycles. The van der Waals surface area contributed by atoms with Crippen molar-refractivity contribution in [1.82, 2.24) is 0 Å². The van der Waals surface area contributed by atoms with Crippen molar-refractivity contribution in [3.05, 3.63) is 48.0 Å². The molecule has 0 bridgehead atoms. The average molecular weight is 347 g/mol. The van der Waals surface area contributed by atoms with Crippen molar-refractivity contribution >= 4 is 30.9 Å². The van der Waals surface area contributed by atoms with Crippen molar-refractivity contribution < 1.29 is 32.4 Å². The Kier molecular flexibility index (Phi) is 5.15. The Morgan fingerprint density at radius 1 is 1.27 bits per heavy atom. The molecule has 1 aromatic heterocycles. The molecule has 2 aromatic rings. The van der Waals surface area contributed by atoms with Gasteiger partial charge in [-0.2, -0.15) is 0 Å². The molecule has 0 aliphatic rings. The van der Waals surface area contributed by atoms with Crippen molar-refractivity contribution in [1.29, 1.82) is 0 Å². The van der Waals surface area contributed by atoms with Gasteiger partial charge in [-0.15, -0.1) is 0 Å². The fraction of sp³-hybridized carbons (Fsp3) is 0.0833. The number of furan rings is 1. The summed E-state index contributed by atoms with van der Waals surface area (Å²) in [5, 5.41) is 2.76. The van der Waals surface area contributed by atoms with Crippen LogP contribution < -0.4 is 9.84 Å². The Morgan fingerprint density at radius 2 is 1.95 bits per heavy atom. The number of nitrogens with one attached hydrogen (secondary N) is 1. The Morgan fingerprint density at radius 3 is 2.59 bits per heavy atom. The number of thiocarbonyl (C=S) groups is 1. The fourth-order valence-corrected chi connectivity index (χ4v) is 1.94. The second kappa shape index (κ2) is 6.89. The van der Waals surface area contributed by atoms with Crippen LogP contribution in [0.15, 0.2) is 40.8 Å². The van der Waals surface area contributed by atoms with Gasteiger partial charge in [0.2, 0.25) is 0 Å². The van der Waals surface area contributed by atoms with Crippen LogP contribution >= 0.6 is 20.0 Å². The number of phosphoric ester groups is 1. The van der Waals surface area contributed by atoms with Gasteiger partial charge >= 0.3 is 7.82 Å². The normalized spacial score (nSPS) is 11.0. The number of rotatable bonds is 5. The number of halogens is 1. The van der Waals surface area contributed by atoms with Gasteiger partial charge in [0.05, 0.1) is 0 Å². The molecule has 1 heterocycles. The highest BCUT2D eigenvalue weighted by atomic mass is 32.1. The minimum absolute atomic E-state index is 0.0282. The fourth-order valence-electron chi connectivity index (χ4n) is 1.43. The number of phosphoric acid groups is 1. The molecular formula is C12H11FNO6PS. The van der Waals surface area contributed by atoms with E-state index in [0.717, 1.165) is 0 Å². The third-order valence-electron chi connectivity index (χ3n) is 2.28. The third-order valence-corrected chi connectivity index (χ3v) is 2.92. The molecule has 22 heavy (non-hydrogen) atoms. The van der Waals surface area contributed by atoms with Crippen LogP contribution in [-0.2, 0) is 15.9 Å². The van der Waals surface area contributed by atoms with Crippen LogP contribution in [0.4, 0.5) is 10.1 Å². The van der Waals surface area contributed by atoms with E-state index in [1.165, 1.54) is 36.4 Å². The monoisotopic (exact) mass is 347 g/mol. The highest BCUT2D eigenvalue weighted by Gasteiger charge is 2.18. The smallest absolute Gasteiger partial charge is 0.463 e. The highest BCUT2D eigenvalue weighted by molar-refractivity contribution is 7.80. The van der Waals surface area contributed by atoms with Crippen LogP contribution in [0, 0.1) is 5.82 Å². The SMILES string of the molecule is O=P(O)(O)Oc1ccc(COC(=S)Nc2ccc(F)cc2)o1. The van der Waals surface area contributed by atoms with E-state index in [9.17, 15) is 8.96 Å². The quantitative estimate of drug-likeness (QED) is 0.561. The van der Waals surface area contributed by atoms with E-state index in [1.807, 2.05) is 0 Å². The zero-order valence-electron chi connectivity index (χ0n) is 10.9. The standard InChI is InChI=1S/C12H11FNO6PS/c13-8-1-3-9(4-2-8)14-12(22)18-7-10-5-6-11(19-10)20-21(15,16)17/h1-6H,7H2,(H,14,22)(H2,15,16,17). The van der Waals surface area contributed by atoms with Gasteiger partial charge in [-0.3, -0.25) is 9.79 Å². The molecule has 0 amide bonds. The van der Waals surface area contributed by atoms with E-state index < -0.39 is 7.82 Å². The molecule has 10 heteroatoms. The Hall–Kier alpha value is -1.93. The average Bonchev–Trinajstić information content (AvgIpc) is 2.84. The minimum Gasteiger partial charge on any atom is -0.463 e. The van der Waals surface area contributed by atoms with Crippen molar-refractivity contribution in [3.8, 4) is 5.95 Å². The minimum atomic E-state index is -4.67. The number of anilines is 1. The molecule has 0 radical (unpaired) electrons. The molecule has 0 fully saturated rings. The summed E-state index contributed by atoms with van der Waals surface area (Å²) in [6.45, 7) is -0.0719. The second-order valence-electron chi connectivity index (χ2n) is 4.01. The van der Waals surface area contributed by atoms with Gasteiger partial charge in [0.1, 0.15) is 18.2 Å². The molecule has 0 atom stereocenters. The van der Waals surface area contributed by atoms with Gasteiger partial charge in [0.15, 0.2) is 0 Å². The first-order valence-electron chi connectivity index (χ1n) is 5.85. The maximum Gasteiger partial charge on any atom is 0.527 e. The molecule has 0 saturated heterocycles. The molecule has 0 unspecified atom stereocenters. The van der Waals surface area contributed by atoms with Crippen LogP contribution in [0.25, 0.3) is 0 Å². The maximum atomic E-state index is 12.7. The van der Waals surface area contributed by atoms with E-state index in [-0.39, 0.29) is 29.3 Å². The van der Waals surface area contributed by atoms with E-state index in [2.05, 4.69) is 9.84 Å². The summed E-state index contributed by atoms with van der Waals surface area (Å²) < 4.78 is 37.8. The number of benzene rings is 1. The number of ether oxygens (including phenoxy) is 1. The summed E-state index contributed by atoms with van der Waals surface area (Å²) in [5.41, 5.74) is 0.552. The number of hydrogen-bond donors (Lipinski definition) is 3. The second-order valence-corrected chi connectivity index (χ2v) is 5.55. The molecule has 2 rings (SSSR count). The first kappa shape index (κ1) is 16.4. The van der Waals surface area contributed by atoms with Crippen molar-refractivity contribution in [2.75, 3.05) is 5.32 Å². The topological polar surface area (TPSA) is 101 Å². The van der Waals surface area contributed by atoms with Gasteiger partial charge in [-0.1, -0.05) is 0 Å². The predicted octanol–water partition coefficient (Wildman–Crippen LogP) is 2.80. The van der Waals surface area contributed by atoms with Crippen LogP contribution in [0.2, 0.25) is 0 Å². The third kappa shape index (κ3) is 5.45. The first-order chi connectivity index (χ1) is 10.3. The lowest BCUT2D eigenvalue weighted by Crippen LogP contribution is -2.12. The van der Waals surface area contributed by atoms with Crippen LogP contribution in [0.3, 0.4) is 0 Å². The highest BCUT2D eigenvalue weighted by Crippen LogP contribution is 2.38. The molecular weight excluding hydrogens is 336 g/mol. The Balaban J connectivity index is 1.83. The Labute approximate surface area is 129 Å². The summed E-state index contributed by atoms with van der Waals surface area (Å²) in [7, 11) is -4.67. The van der Waals surface area contributed by atoms with Gasteiger partial charge in [0, 0.05) is 11.8 Å². The zero-order chi connectivity index (χ0) is 16.2. The molecule has 3 N–H and O–H groups in total. The van der Waals surface area contributed by atoms with Crippen molar-refractivity contribution in [2.45, 2.75) is 6.61 Å². The lowest BCUT2D eigenvalue weighted by molar-refractivity contribution is 0.228. The lowest BCUT2D eigenvalue weighted by atomic mass is 10.3. The predicted molar refractivity (Wildman–Crippen MR) is 78.8 cm³/mol. The van der Waals surface area contributed by atoms with Gasteiger partial charge < -0.3 is 19.0 Å². The molecule has 7 nitrogen and oxygen atoms in total. The molecule has 118 valence electrons. The summed E-state index contributed by atoms with van der Waals surface area (Å²) in [6, 6.07) is 8.18. The van der Waals surface area contributed by atoms with Crippen LogP contribution in [0.1, 0.15) is 5.76 Å². The van der Waals surface area contributed by atoms with E-state index in [4.69, 9.17) is 31.2 Å².